The first-order chi connectivity index (χ1) is 14.8. The fraction of sp³-hybridized carbons (Fsp3) is 0.520. The number of halogens is 1. The number of aliphatic imine (C=N–C) groups is 1. The van der Waals surface area contributed by atoms with Gasteiger partial charge in [0.2, 0.25) is 0 Å². The van der Waals surface area contributed by atoms with Crippen molar-refractivity contribution in [2.45, 2.75) is 60.3 Å². The van der Waals surface area contributed by atoms with Crippen molar-refractivity contribution >= 4 is 45.1 Å². The SMILES string of the molecule is CCCOc1c(I)cc(C=Nc2sc3c(c2C#N)CC[C@@H](C(C)(C)C)C3)cc1OCC. The fourth-order valence-corrected chi connectivity index (χ4v) is 5.92. The van der Waals surface area contributed by atoms with E-state index in [0.29, 0.717) is 19.1 Å². The van der Waals surface area contributed by atoms with E-state index in [1.54, 1.807) is 11.3 Å². The van der Waals surface area contributed by atoms with Gasteiger partial charge in [-0.15, -0.1) is 11.3 Å². The van der Waals surface area contributed by atoms with Gasteiger partial charge in [0.15, 0.2) is 11.5 Å². The zero-order valence-electron chi connectivity index (χ0n) is 19.0. The summed E-state index contributed by atoms with van der Waals surface area (Å²) in [6, 6.07) is 6.44. The molecule has 1 heterocycles. The molecule has 0 saturated heterocycles. The number of nitrogens with zero attached hydrogens (tertiary/aromatic N) is 2. The minimum absolute atomic E-state index is 0.284. The van der Waals surface area contributed by atoms with Crippen molar-refractivity contribution in [1.82, 2.24) is 0 Å². The van der Waals surface area contributed by atoms with Gasteiger partial charge in [-0.25, -0.2) is 4.99 Å². The first-order valence-corrected chi connectivity index (χ1v) is 12.9. The van der Waals surface area contributed by atoms with Crippen LogP contribution in [-0.4, -0.2) is 19.4 Å². The van der Waals surface area contributed by atoms with Gasteiger partial charge >= 0.3 is 0 Å². The second kappa shape index (κ2) is 10.4. The van der Waals surface area contributed by atoms with E-state index in [2.05, 4.69) is 56.4 Å². The van der Waals surface area contributed by atoms with Crippen LogP contribution in [0.5, 0.6) is 11.5 Å². The van der Waals surface area contributed by atoms with Crippen LogP contribution in [-0.2, 0) is 12.8 Å². The minimum atomic E-state index is 0.284. The topological polar surface area (TPSA) is 54.6 Å². The molecular weight excluding hydrogens is 519 g/mol. The number of hydrogen-bond acceptors (Lipinski definition) is 5. The summed E-state index contributed by atoms with van der Waals surface area (Å²) in [4.78, 5) is 6.08. The Labute approximate surface area is 203 Å². The van der Waals surface area contributed by atoms with Gasteiger partial charge in [-0.1, -0.05) is 27.7 Å². The van der Waals surface area contributed by atoms with Gasteiger partial charge in [-0.05, 0) is 89.8 Å². The predicted octanol–water partition coefficient (Wildman–Crippen LogP) is 7.31. The van der Waals surface area contributed by atoms with Gasteiger partial charge in [0.05, 0.1) is 22.3 Å². The van der Waals surface area contributed by atoms with Gasteiger partial charge in [0.1, 0.15) is 11.1 Å². The van der Waals surface area contributed by atoms with E-state index in [0.717, 1.165) is 56.9 Å². The smallest absolute Gasteiger partial charge is 0.174 e. The second-order valence-electron chi connectivity index (χ2n) is 8.97. The Hall–Kier alpha value is -1.59. The van der Waals surface area contributed by atoms with Crippen LogP contribution in [0.4, 0.5) is 5.00 Å². The summed E-state index contributed by atoms with van der Waals surface area (Å²) in [7, 11) is 0. The van der Waals surface area contributed by atoms with Crippen LogP contribution in [0.3, 0.4) is 0 Å². The summed E-state index contributed by atoms with van der Waals surface area (Å²) in [6.45, 7) is 12.2. The molecular formula is C25H31IN2O2S. The Morgan fingerprint density at radius 2 is 2.06 bits per heavy atom. The van der Waals surface area contributed by atoms with Gasteiger partial charge in [0, 0.05) is 11.1 Å². The molecule has 0 N–H and O–H groups in total. The number of benzene rings is 1. The summed E-state index contributed by atoms with van der Waals surface area (Å²) in [5.41, 5.74) is 3.20. The number of ether oxygens (including phenoxy) is 2. The van der Waals surface area contributed by atoms with Crippen molar-refractivity contribution < 1.29 is 9.47 Å². The lowest BCUT2D eigenvalue weighted by Crippen LogP contribution is -2.26. The molecule has 0 amide bonds. The van der Waals surface area contributed by atoms with E-state index in [1.807, 2.05) is 25.3 Å². The van der Waals surface area contributed by atoms with Gasteiger partial charge in [-0.2, -0.15) is 5.26 Å². The van der Waals surface area contributed by atoms with Crippen molar-refractivity contribution in [3.05, 3.63) is 37.3 Å². The molecule has 0 bridgehead atoms. The van der Waals surface area contributed by atoms with E-state index in [9.17, 15) is 5.26 Å². The van der Waals surface area contributed by atoms with Crippen LogP contribution < -0.4 is 9.47 Å². The molecule has 0 saturated carbocycles. The van der Waals surface area contributed by atoms with Gasteiger partial charge in [-0.3, -0.25) is 0 Å². The molecule has 0 unspecified atom stereocenters. The Kier molecular flexibility index (Phi) is 8.03. The summed E-state index contributed by atoms with van der Waals surface area (Å²) >= 11 is 3.96. The van der Waals surface area contributed by atoms with Crippen molar-refractivity contribution in [3.8, 4) is 17.6 Å². The van der Waals surface area contributed by atoms with Crippen molar-refractivity contribution in [3.63, 3.8) is 0 Å². The maximum Gasteiger partial charge on any atom is 0.174 e. The quantitative estimate of drug-likeness (QED) is 0.268. The fourth-order valence-electron chi connectivity index (χ4n) is 3.92. The molecule has 1 aliphatic rings. The molecule has 166 valence electrons. The van der Waals surface area contributed by atoms with Crippen LogP contribution in [0.2, 0.25) is 0 Å². The number of fused-ring (bicyclic) bond motifs is 1. The normalized spacial score (nSPS) is 16.2. The van der Waals surface area contributed by atoms with Crippen molar-refractivity contribution in [2.75, 3.05) is 13.2 Å². The lowest BCUT2D eigenvalue weighted by Gasteiger charge is -2.33. The van der Waals surface area contributed by atoms with E-state index in [1.165, 1.54) is 10.4 Å². The predicted molar refractivity (Wildman–Crippen MR) is 137 cm³/mol. The maximum absolute atomic E-state index is 9.81. The largest absolute Gasteiger partial charge is 0.490 e. The Morgan fingerprint density at radius 3 is 2.71 bits per heavy atom. The third kappa shape index (κ3) is 5.61. The van der Waals surface area contributed by atoms with Crippen molar-refractivity contribution in [1.29, 1.82) is 5.26 Å². The van der Waals surface area contributed by atoms with Crippen molar-refractivity contribution in [2.24, 2.45) is 16.3 Å². The Bertz CT molecular complexity index is 998. The monoisotopic (exact) mass is 550 g/mol. The van der Waals surface area contributed by atoms with Crippen LogP contribution in [0.25, 0.3) is 0 Å². The molecule has 1 aliphatic carbocycles. The Balaban J connectivity index is 1.90. The van der Waals surface area contributed by atoms with Crippen LogP contribution in [0, 0.1) is 26.2 Å². The van der Waals surface area contributed by atoms with Gasteiger partial charge in [0.25, 0.3) is 0 Å². The molecule has 1 aromatic carbocycles. The van der Waals surface area contributed by atoms with Gasteiger partial charge < -0.3 is 9.47 Å². The summed E-state index contributed by atoms with van der Waals surface area (Å²) in [6.07, 6.45) is 5.94. The molecule has 4 nitrogen and oxygen atoms in total. The molecule has 0 fully saturated rings. The third-order valence-corrected chi connectivity index (χ3v) is 7.66. The number of rotatable bonds is 7. The highest BCUT2D eigenvalue weighted by Gasteiger charge is 2.32. The average molecular weight is 551 g/mol. The Morgan fingerprint density at radius 1 is 1.29 bits per heavy atom. The first kappa shape index (κ1) is 24.1. The lowest BCUT2D eigenvalue weighted by molar-refractivity contribution is 0.218. The maximum atomic E-state index is 9.81. The van der Waals surface area contributed by atoms with Crippen LogP contribution >= 0.6 is 33.9 Å². The molecule has 6 heteroatoms. The molecule has 1 atom stereocenters. The lowest BCUT2D eigenvalue weighted by atomic mass is 9.72. The molecule has 1 aromatic heterocycles. The number of nitriles is 1. The van der Waals surface area contributed by atoms with E-state index in [4.69, 9.17) is 14.5 Å². The zero-order valence-corrected chi connectivity index (χ0v) is 22.0. The average Bonchev–Trinajstić information content (AvgIpc) is 3.08. The summed E-state index contributed by atoms with van der Waals surface area (Å²) in [5, 5.41) is 10.6. The third-order valence-electron chi connectivity index (χ3n) is 5.70. The number of hydrogen-bond donors (Lipinski definition) is 0. The number of thiophene rings is 1. The molecule has 31 heavy (non-hydrogen) atoms. The molecule has 0 aliphatic heterocycles. The zero-order chi connectivity index (χ0) is 22.6. The van der Waals surface area contributed by atoms with E-state index >= 15 is 0 Å². The van der Waals surface area contributed by atoms with E-state index < -0.39 is 0 Å². The molecule has 0 radical (unpaired) electrons. The van der Waals surface area contributed by atoms with Crippen LogP contribution in [0.1, 0.15) is 69.0 Å². The molecule has 2 aromatic rings. The summed E-state index contributed by atoms with van der Waals surface area (Å²) in [5.74, 6) is 2.18. The highest BCUT2D eigenvalue weighted by Crippen LogP contribution is 2.45. The first-order valence-electron chi connectivity index (χ1n) is 11.0. The molecule has 0 spiro atoms. The van der Waals surface area contributed by atoms with Crippen LogP contribution in [0.15, 0.2) is 17.1 Å². The molecule has 3 rings (SSSR count). The van der Waals surface area contributed by atoms with E-state index in [-0.39, 0.29) is 5.41 Å². The standard InChI is InChI=1S/C25H31IN2O2S/c1-6-10-30-23-20(26)11-16(12-21(23)29-7-2)15-28-24-19(14-27)18-9-8-17(25(3,4)5)13-22(18)31-24/h11-12,15,17H,6-10,13H2,1-5H3/t17-/m1/s1. The highest BCUT2D eigenvalue weighted by molar-refractivity contribution is 14.1. The second-order valence-corrected chi connectivity index (χ2v) is 11.2. The highest BCUT2D eigenvalue weighted by atomic mass is 127. The summed E-state index contributed by atoms with van der Waals surface area (Å²) < 4.78 is 12.7. The minimum Gasteiger partial charge on any atom is -0.490 e.